The monoisotopic (exact) mass is 402 g/mol. The van der Waals surface area contributed by atoms with Gasteiger partial charge in [0.05, 0.1) is 4.90 Å². The van der Waals surface area contributed by atoms with Gasteiger partial charge in [-0.25, -0.2) is 13.1 Å². The summed E-state index contributed by atoms with van der Waals surface area (Å²) in [6.07, 6.45) is 1.48. The van der Waals surface area contributed by atoms with Crippen molar-refractivity contribution in [3.63, 3.8) is 0 Å². The van der Waals surface area contributed by atoms with Crippen molar-refractivity contribution in [2.75, 3.05) is 6.54 Å². The number of rotatable bonds is 9. The summed E-state index contributed by atoms with van der Waals surface area (Å²) in [5.41, 5.74) is 2.31. The first-order valence-electron chi connectivity index (χ1n) is 9.64. The van der Waals surface area contributed by atoms with Crippen LogP contribution in [0.25, 0.3) is 0 Å². The fourth-order valence-electron chi connectivity index (χ4n) is 2.82. The van der Waals surface area contributed by atoms with E-state index in [0.717, 1.165) is 12.0 Å². The molecule has 0 spiro atoms. The van der Waals surface area contributed by atoms with Gasteiger partial charge in [0.1, 0.15) is 0 Å². The van der Waals surface area contributed by atoms with Crippen molar-refractivity contribution in [3.8, 4) is 0 Å². The number of hydrogen-bond acceptors (Lipinski definition) is 3. The van der Waals surface area contributed by atoms with Crippen molar-refractivity contribution < 1.29 is 13.2 Å². The largest absolute Gasteiger partial charge is 0.352 e. The predicted octanol–water partition coefficient (Wildman–Crippen LogP) is 3.68. The van der Waals surface area contributed by atoms with Gasteiger partial charge in [0, 0.05) is 18.2 Å². The van der Waals surface area contributed by atoms with Gasteiger partial charge in [-0.1, -0.05) is 50.2 Å². The van der Waals surface area contributed by atoms with Crippen molar-refractivity contribution in [3.05, 3.63) is 65.2 Å². The van der Waals surface area contributed by atoms with E-state index in [-0.39, 0.29) is 16.8 Å². The van der Waals surface area contributed by atoms with Gasteiger partial charge >= 0.3 is 0 Å². The number of hydrogen-bond donors (Lipinski definition) is 2. The van der Waals surface area contributed by atoms with Crippen LogP contribution >= 0.6 is 0 Å². The normalized spacial score (nSPS) is 12.8. The Labute approximate surface area is 168 Å². The second-order valence-electron chi connectivity index (χ2n) is 7.63. The minimum absolute atomic E-state index is 0.111. The average Bonchev–Trinajstić information content (AvgIpc) is 2.65. The Hall–Kier alpha value is -2.18. The third-order valence-electron chi connectivity index (χ3n) is 4.50. The molecule has 0 unspecified atom stereocenters. The molecular formula is C22H30N2O3S. The number of nitrogens with one attached hydrogen (secondary N) is 2. The van der Waals surface area contributed by atoms with Crippen LogP contribution in [0.2, 0.25) is 0 Å². The Kier molecular flexibility index (Phi) is 7.78. The van der Waals surface area contributed by atoms with Crippen molar-refractivity contribution in [1.29, 1.82) is 0 Å². The molecule has 5 nitrogen and oxygen atoms in total. The molecule has 0 saturated carbocycles. The molecule has 0 aliphatic heterocycles. The van der Waals surface area contributed by atoms with Crippen LogP contribution in [-0.2, 0) is 16.4 Å². The summed E-state index contributed by atoms with van der Waals surface area (Å²) in [6.45, 7) is 8.22. The Bertz CT molecular complexity index is 893. The second-order valence-corrected chi connectivity index (χ2v) is 9.34. The van der Waals surface area contributed by atoms with Gasteiger partial charge in [-0.15, -0.1) is 0 Å². The van der Waals surface area contributed by atoms with Gasteiger partial charge in [0.25, 0.3) is 5.91 Å². The van der Waals surface area contributed by atoms with Crippen LogP contribution in [0.5, 0.6) is 0 Å². The number of carbonyl (C=O) groups is 1. The van der Waals surface area contributed by atoms with Crippen LogP contribution in [0.4, 0.5) is 0 Å². The Morgan fingerprint density at radius 1 is 1.04 bits per heavy atom. The van der Waals surface area contributed by atoms with E-state index in [1.165, 1.54) is 11.6 Å². The first-order valence-corrected chi connectivity index (χ1v) is 11.1. The standard InChI is InChI=1S/C22H30N2O3S/c1-16(2)15-23-22(25)21-14-20(13-10-17(21)3)28(26,27)24-18(4)11-12-19-8-6-5-7-9-19/h5-10,13-14,16,18,24H,11-12,15H2,1-4H3,(H,23,25)/t18-/m1/s1. The van der Waals surface area contributed by atoms with Gasteiger partial charge in [0.2, 0.25) is 10.0 Å². The van der Waals surface area contributed by atoms with Crippen molar-refractivity contribution >= 4 is 15.9 Å². The summed E-state index contributed by atoms with van der Waals surface area (Å²) in [5.74, 6) is 0.0729. The minimum Gasteiger partial charge on any atom is -0.352 e. The summed E-state index contributed by atoms with van der Waals surface area (Å²) in [7, 11) is -3.70. The molecule has 2 rings (SSSR count). The molecule has 152 valence electrons. The third kappa shape index (κ3) is 6.46. The molecule has 1 atom stereocenters. The van der Waals surface area contributed by atoms with Crippen LogP contribution in [0.3, 0.4) is 0 Å². The molecule has 0 fully saturated rings. The van der Waals surface area contributed by atoms with E-state index in [1.54, 1.807) is 19.1 Å². The van der Waals surface area contributed by atoms with E-state index >= 15 is 0 Å². The molecule has 0 aliphatic rings. The third-order valence-corrected chi connectivity index (χ3v) is 6.09. The van der Waals surface area contributed by atoms with Gasteiger partial charge in [-0.3, -0.25) is 4.79 Å². The lowest BCUT2D eigenvalue weighted by Gasteiger charge is -2.16. The Morgan fingerprint density at radius 2 is 1.71 bits per heavy atom. The van der Waals surface area contributed by atoms with Gasteiger partial charge in [0.15, 0.2) is 0 Å². The zero-order valence-electron chi connectivity index (χ0n) is 17.0. The van der Waals surface area contributed by atoms with E-state index < -0.39 is 10.0 Å². The number of aryl methyl sites for hydroxylation is 2. The van der Waals surface area contributed by atoms with Crippen molar-refractivity contribution in [2.45, 2.75) is 51.5 Å². The van der Waals surface area contributed by atoms with Crippen LogP contribution in [0.15, 0.2) is 53.4 Å². The molecule has 1 amide bonds. The van der Waals surface area contributed by atoms with Gasteiger partial charge < -0.3 is 5.32 Å². The van der Waals surface area contributed by atoms with Crippen LogP contribution < -0.4 is 10.0 Å². The predicted molar refractivity (Wildman–Crippen MR) is 113 cm³/mol. The van der Waals surface area contributed by atoms with E-state index in [0.29, 0.717) is 24.4 Å². The lowest BCUT2D eigenvalue weighted by Crippen LogP contribution is -2.33. The van der Waals surface area contributed by atoms with E-state index in [9.17, 15) is 13.2 Å². The fraction of sp³-hybridized carbons (Fsp3) is 0.409. The number of benzene rings is 2. The molecule has 28 heavy (non-hydrogen) atoms. The van der Waals surface area contributed by atoms with Crippen LogP contribution in [0.1, 0.15) is 48.7 Å². The highest BCUT2D eigenvalue weighted by Gasteiger charge is 2.20. The maximum atomic E-state index is 12.8. The molecular weight excluding hydrogens is 372 g/mol. The maximum absolute atomic E-state index is 12.8. The van der Waals surface area contributed by atoms with Crippen molar-refractivity contribution in [2.24, 2.45) is 5.92 Å². The lowest BCUT2D eigenvalue weighted by molar-refractivity contribution is 0.0948. The average molecular weight is 403 g/mol. The van der Waals surface area contributed by atoms with E-state index in [2.05, 4.69) is 10.0 Å². The molecule has 2 N–H and O–H groups in total. The topological polar surface area (TPSA) is 75.3 Å². The van der Waals surface area contributed by atoms with Gasteiger partial charge in [-0.2, -0.15) is 0 Å². The molecule has 0 bridgehead atoms. The van der Waals surface area contributed by atoms with E-state index in [1.807, 2.05) is 51.1 Å². The summed E-state index contributed by atoms with van der Waals surface area (Å²) < 4.78 is 28.2. The highest BCUT2D eigenvalue weighted by molar-refractivity contribution is 7.89. The zero-order chi connectivity index (χ0) is 20.7. The summed E-state index contributed by atoms with van der Waals surface area (Å²) in [4.78, 5) is 12.5. The minimum atomic E-state index is -3.70. The summed E-state index contributed by atoms with van der Waals surface area (Å²) in [5, 5.41) is 2.84. The highest BCUT2D eigenvalue weighted by atomic mass is 32.2. The summed E-state index contributed by atoms with van der Waals surface area (Å²) >= 11 is 0. The first kappa shape index (κ1) is 22.1. The van der Waals surface area contributed by atoms with Crippen LogP contribution in [-0.4, -0.2) is 26.9 Å². The Morgan fingerprint density at radius 3 is 2.36 bits per heavy atom. The molecule has 0 saturated heterocycles. The fourth-order valence-corrected chi connectivity index (χ4v) is 4.13. The SMILES string of the molecule is Cc1ccc(S(=O)(=O)N[C@H](C)CCc2ccccc2)cc1C(=O)NCC(C)C. The molecule has 0 heterocycles. The number of amides is 1. The second kappa shape index (κ2) is 9.85. The molecule has 0 aromatic heterocycles. The van der Waals surface area contributed by atoms with E-state index in [4.69, 9.17) is 0 Å². The zero-order valence-corrected chi connectivity index (χ0v) is 17.8. The van der Waals surface area contributed by atoms with Crippen molar-refractivity contribution in [1.82, 2.24) is 10.0 Å². The quantitative estimate of drug-likeness (QED) is 0.672. The highest BCUT2D eigenvalue weighted by Crippen LogP contribution is 2.17. The van der Waals surface area contributed by atoms with Gasteiger partial charge in [-0.05, 0) is 55.9 Å². The molecule has 2 aromatic rings. The molecule has 2 aromatic carbocycles. The number of sulfonamides is 1. The molecule has 0 radical (unpaired) electrons. The lowest BCUT2D eigenvalue weighted by atomic mass is 10.1. The molecule has 0 aliphatic carbocycles. The smallest absolute Gasteiger partial charge is 0.251 e. The first-order chi connectivity index (χ1) is 13.2. The Balaban J connectivity index is 2.07. The summed E-state index contributed by atoms with van der Waals surface area (Å²) in [6, 6.07) is 14.4. The maximum Gasteiger partial charge on any atom is 0.251 e. The van der Waals surface area contributed by atoms with Crippen LogP contribution in [0, 0.1) is 12.8 Å². The number of carbonyl (C=O) groups excluding carboxylic acids is 1. The molecule has 6 heteroatoms.